The first-order valence-electron chi connectivity index (χ1n) is 6.11. The van der Waals surface area contributed by atoms with Crippen molar-refractivity contribution in [2.75, 3.05) is 7.11 Å². The van der Waals surface area contributed by atoms with Crippen LogP contribution in [0.4, 0.5) is 0 Å². The number of Topliss-reactive ketones (excluding diaryl/α,β-unsaturated/α-hetero) is 1. The fourth-order valence-electron chi connectivity index (χ4n) is 2.22. The molecule has 0 saturated carbocycles. The van der Waals surface area contributed by atoms with Crippen LogP contribution >= 0.6 is 0 Å². The Labute approximate surface area is 113 Å². The van der Waals surface area contributed by atoms with Gasteiger partial charge in [0.05, 0.1) is 19.1 Å². The van der Waals surface area contributed by atoms with E-state index in [4.69, 9.17) is 9.84 Å². The highest BCUT2D eigenvalue weighted by Gasteiger charge is 2.33. The summed E-state index contributed by atoms with van der Waals surface area (Å²) in [6, 6.07) is 3.68. The zero-order valence-corrected chi connectivity index (χ0v) is 12.0. The Bertz CT molecular complexity index is 515. The molecule has 0 atom stereocenters. The van der Waals surface area contributed by atoms with Crippen molar-refractivity contribution in [3.8, 4) is 5.75 Å². The highest BCUT2D eigenvalue weighted by Crippen LogP contribution is 2.33. The first-order valence-corrected chi connectivity index (χ1v) is 6.11. The van der Waals surface area contributed by atoms with Gasteiger partial charge in [0, 0.05) is 5.41 Å². The summed E-state index contributed by atoms with van der Waals surface area (Å²) >= 11 is 0. The number of carbonyl (C=O) groups excluding carboxylic acids is 1. The number of aliphatic carboxylic acids is 1. The minimum atomic E-state index is -0.985. The van der Waals surface area contributed by atoms with Crippen molar-refractivity contribution in [1.82, 2.24) is 0 Å². The molecule has 0 saturated heterocycles. The number of aryl methyl sites for hydroxylation is 2. The van der Waals surface area contributed by atoms with Gasteiger partial charge in [-0.1, -0.05) is 19.9 Å². The summed E-state index contributed by atoms with van der Waals surface area (Å²) in [6.07, 6.45) is -0.206. The molecule has 104 valence electrons. The van der Waals surface area contributed by atoms with Crippen molar-refractivity contribution >= 4 is 11.8 Å². The van der Waals surface area contributed by atoms with Gasteiger partial charge in [-0.05, 0) is 31.0 Å². The molecular formula is C15H20O4. The van der Waals surface area contributed by atoms with E-state index in [0.29, 0.717) is 11.3 Å². The van der Waals surface area contributed by atoms with Crippen molar-refractivity contribution in [1.29, 1.82) is 0 Å². The normalized spacial score (nSPS) is 11.2. The van der Waals surface area contributed by atoms with Gasteiger partial charge in [0.2, 0.25) is 0 Å². The van der Waals surface area contributed by atoms with Crippen LogP contribution in [0.5, 0.6) is 5.75 Å². The van der Waals surface area contributed by atoms with Gasteiger partial charge in [-0.3, -0.25) is 9.59 Å². The van der Waals surface area contributed by atoms with E-state index in [-0.39, 0.29) is 12.2 Å². The van der Waals surface area contributed by atoms with Crippen molar-refractivity contribution in [2.45, 2.75) is 34.1 Å². The standard InChI is InChI=1S/C15H20O4/c1-9-6-10(2)13(19-5)11(7-9)14(18)15(3,4)8-12(16)17/h6-7H,8H2,1-5H3,(H,16,17). The predicted octanol–water partition coefficient (Wildman–Crippen LogP) is 3.00. The van der Waals surface area contributed by atoms with Crippen LogP contribution in [0.1, 0.15) is 41.8 Å². The van der Waals surface area contributed by atoms with Crippen LogP contribution < -0.4 is 4.74 Å². The second-order valence-electron chi connectivity index (χ2n) is 5.45. The minimum Gasteiger partial charge on any atom is -0.496 e. The smallest absolute Gasteiger partial charge is 0.304 e. The van der Waals surface area contributed by atoms with E-state index in [1.807, 2.05) is 19.9 Å². The molecule has 0 aliphatic heterocycles. The molecule has 0 amide bonds. The number of methoxy groups -OCH3 is 1. The SMILES string of the molecule is COc1c(C)cc(C)cc1C(=O)C(C)(C)CC(=O)O. The number of carboxylic acids is 1. The Morgan fingerprint density at radius 2 is 1.84 bits per heavy atom. The van der Waals surface area contributed by atoms with Gasteiger partial charge in [-0.2, -0.15) is 0 Å². The molecule has 0 bridgehead atoms. The van der Waals surface area contributed by atoms with Crippen LogP contribution in [0.15, 0.2) is 12.1 Å². The number of hydrogen-bond acceptors (Lipinski definition) is 3. The maximum Gasteiger partial charge on any atom is 0.304 e. The highest BCUT2D eigenvalue weighted by molar-refractivity contribution is 6.04. The Morgan fingerprint density at radius 3 is 2.32 bits per heavy atom. The number of rotatable bonds is 5. The zero-order valence-electron chi connectivity index (χ0n) is 12.0. The molecule has 19 heavy (non-hydrogen) atoms. The minimum absolute atomic E-state index is 0.206. The van der Waals surface area contributed by atoms with E-state index < -0.39 is 11.4 Å². The average Bonchev–Trinajstić information content (AvgIpc) is 2.25. The summed E-state index contributed by atoms with van der Waals surface area (Å²) in [6.45, 7) is 7.04. The first kappa shape index (κ1) is 15.2. The third-order valence-electron chi connectivity index (χ3n) is 3.08. The van der Waals surface area contributed by atoms with Crippen LogP contribution in [-0.2, 0) is 4.79 Å². The average molecular weight is 264 g/mol. The van der Waals surface area contributed by atoms with Crippen LogP contribution in [0.3, 0.4) is 0 Å². The van der Waals surface area contributed by atoms with Crippen molar-refractivity contribution in [3.63, 3.8) is 0 Å². The second kappa shape index (κ2) is 5.43. The van der Waals surface area contributed by atoms with Crippen molar-refractivity contribution < 1.29 is 19.4 Å². The molecular weight excluding hydrogens is 244 g/mol. The molecule has 0 aromatic heterocycles. The van der Waals surface area contributed by atoms with Gasteiger partial charge in [0.1, 0.15) is 5.75 Å². The Morgan fingerprint density at radius 1 is 1.26 bits per heavy atom. The van der Waals surface area contributed by atoms with Gasteiger partial charge < -0.3 is 9.84 Å². The fraction of sp³-hybridized carbons (Fsp3) is 0.467. The number of ketones is 1. The van der Waals surface area contributed by atoms with E-state index in [1.165, 1.54) is 7.11 Å². The van der Waals surface area contributed by atoms with Crippen LogP contribution in [0.2, 0.25) is 0 Å². The number of carboxylic acid groups (broad SMARTS) is 1. The number of carbonyl (C=O) groups is 2. The van der Waals surface area contributed by atoms with E-state index >= 15 is 0 Å². The third-order valence-corrected chi connectivity index (χ3v) is 3.08. The molecule has 0 aliphatic rings. The molecule has 0 heterocycles. The lowest BCUT2D eigenvalue weighted by molar-refractivity contribution is -0.138. The molecule has 0 radical (unpaired) electrons. The van der Waals surface area contributed by atoms with Gasteiger partial charge >= 0.3 is 5.97 Å². The molecule has 0 fully saturated rings. The number of ether oxygens (including phenoxy) is 1. The Kier molecular flexibility index (Phi) is 4.35. The Balaban J connectivity index is 3.29. The molecule has 0 spiro atoms. The summed E-state index contributed by atoms with van der Waals surface area (Å²) in [5.41, 5.74) is 1.32. The van der Waals surface area contributed by atoms with E-state index in [2.05, 4.69) is 0 Å². The summed E-state index contributed by atoms with van der Waals surface area (Å²) in [5.74, 6) is -0.672. The van der Waals surface area contributed by atoms with E-state index in [1.54, 1.807) is 19.9 Å². The van der Waals surface area contributed by atoms with Crippen LogP contribution in [0.25, 0.3) is 0 Å². The van der Waals surface area contributed by atoms with Crippen LogP contribution in [-0.4, -0.2) is 24.0 Å². The molecule has 4 nitrogen and oxygen atoms in total. The van der Waals surface area contributed by atoms with E-state index in [0.717, 1.165) is 11.1 Å². The van der Waals surface area contributed by atoms with Gasteiger partial charge in [-0.25, -0.2) is 0 Å². The maximum atomic E-state index is 12.5. The highest BCUT2D eigenvalue weighted by atomic mass is 16.5. The fourth-order valence-corrected chi connectivity index (χ4v) is 2.22. The molecule has 1 aromatic carbocycles. The van der Waals surface area contributed by atoms with Gasteiger partial charge in [-0.15, -0.1) is 0 Å². The van der Waals surface area contributed by atoms with E-state index in [9.17, 15) is 9.59 Å². The lowest BCUT2D eigenvalue weighted by Crippen LogP contribution is -2.28. The molecule has 0 aliphatic carbocycles. The Hall–Kier alpha value is -1.84. The summed E-state index contributed by atoms with van der Waals surface area (Å²) in [4.78, 5) is 23.4. The van der Waals surface area contributed by atoms with Crippen LogP contribution in [0, 0.1) is 19.3 Å². The number of hydrogen-bond donors (Lipinski definition) is 1. The molecule has 4 heteroatoms. The quantitative estimate of drug-likeness (QED) is 0.830. The maximum absolute atomic E-state index is 12.5. The molecule has 1 N–H and O–H groups in total. The summed E-state index contributed by atoms with van der Waals surface area (Å²) in [5, 5.41) is 8.90. The van der Waals surface area contributed by atoms with Gasteiger partial charge in [0.15, 0.2) is 5.78 Å². The second-order valence-corrected chi connectivity index (χ2v) is 5.45. The van der Waals surface area contributed by atoms with Crippen molar-refractivity contribution in [2.24, 2.45) is 5.41 Å². The van der Waals surface area contributed by atoms with Gasteiger partial charge in [0.25, 0.3) is 0 Å². The summed E-state index contributed by atoms with van der Waals surface area (Å²) in [7, 11) is 1.51. The molecule has 1 rings (SSSR count). The molecule has 1 aromatic rings. The number of benzene rings is 1. The third kappa shape index (κ3) is 3.34. The molecule has 0 unspecified atom stereocenters. The summed E-state index contributed by atoms with van der Waals surface area (Å²) < 4.78 is 5.28. The lowest BCUT2D eigenvalue weighted by Gasteiger charge is -2.23. The topological polar surface area (TPSA) is 63.6 Å². The predicted molar refractivity (Wildman–Crippen MR) is 72.8 cm³/mol. The monoisotopic (exact) mass is 264 g/mol. The first-order chi connectivity index (χ1) is 8.69. The largest absolute Gasteiger partial charge is 0.496 e. The lowest BCUT2D eigenvalue weighted by atomic mass is 9.80. The van der Waals surface area contributed by atoms with Crippen molar-refractivity contribution in [3.05, 3.63) is 28.8 Å². The zero-order chi connectivity index (χ0) is 14.8.